The van der Waals surface area contributed by atoms with E-state index in [1.165, 1.54) is 10.6 Å². The zero-order valence-corrected chi connectivity index (χ0v) is 17.3. The van der Waals surface area contributed by atoms with Crippen LogP contribution in [0.4, 0.5) is 16.6 Å². The number of carbonyl (C=O) groups excluding carboxylic acids is 1. The number of aromatic nitrogens is 2. The summed E-state index contributed by atoms with van der Waals surface area (Å²) in [6.45, 7) is 9.51. The summed E-state index contributed by atoms with van der Waals surface area (Å²) in [5.41, 5.74) is 4.88. The smallest absolute Gasteiger partial charge is 0.407 e. The van der Waals surface area contributed by atoms with Gasteiger partial charge in [0.2, 0.25) is 5.95 Å². The zero-order valence-electron chi connectivity index (χ0n) is 17.3. The van der Waals surface area contributed by atoms with E-state index < -0.39 is 11.7 Å². The molecule has 3 heterocycles. The van der Waals surface area contributed by atoms with Gasteiger partial charge in [0.1, 0.15) is 11.4 Å². The minimum absolute atomic E-state index is 0.0890. The second kappa shape index (κ2) is 7.27. The lowest BCUT2D eigenvalue weighted by Gasteiger charge is -2.43. The fourth-order valence-corrected chi connectivity index (χ4v) is 4.12. The maximum Gasteiger partial charge on any atom is 0.407 e. The van der Waals surface area contributed by atoms with Crippen LogP contribution in [0.2, 0.25) is 0 Å². The minimum atomic E-state index is -0.549. The van der Waals surface area contributed by atoms with E-state index in [9.17, 15) is 9.59 Å². The Balaban J connectivity index is 1.72. The van der Waals surface area contributed by atoms with Crippen LogP contribution in [-0.2, 0) is 16.5 Å². The highest BCUT2D eigenvalue weighted by molar-refractivity contribution is 5.68. The first kappa shape index (κ1) is 20.4. The monoisotopic (exact) mass is 393 g/mol. The molecule has 9 nitrogen and oxygen atoms in total. The summed E-state index contributed by atoms with van der Waals surface area (Å²) in [4.78, 5) is 30.8. The van der Waals surface area contributed by atoms with Gasteiger partial charge in [-0.25, -0.2) is 4.79 Å². The van der Waals surface area contributed by atoms with Crippen LogP contribution >= 0.6 is 0 Å². The summed E-state index contributed by atoms with van der Waals surface area (Å²) in [6, 6.07) is 1.20. The van der Waals surface area contributed by atoms with Crippen molar-refractivity contribution in [1.82, 2.24) is 14.9 Å². The van der Waals surface area contributed by atoms with Crippen molar-refractivity contribution in [2.24, 2.45) is 12.5 Å². The molecule has 2 atom stereocenters. The van der Waals surface area contributed by atoms with Gasteiger partial charge in [0.15, 0.2) is 0 Å². The number of hydrogen-bond acceptors (Lipinski definition) is 7. The number of hydrogen-bond donors (Lipinski definition) is 2. The lowest BCUT2D eigenvalue weighted by atomic mass is 9.73. The third kappa shape index (κ3) is 4.09. The summed E-state index contributed by atoms with van der Waals surface area (Å²) < 4.78 is 12.9. The van der Waals surface area contributed by atoms with E-state index in [-0.39, 0.29) is 28.9 Å². The Bertz CT molecular complexity index is 792. The van der Waals surface area contributed by atoms with Crippen LogP contribution in [-0.4, -0.2) is 53.1 Å². The van der Waals surface area contributed by atoms with Crippen LogP contribution in [0.3, 0.4) is 0 Å². The summed E-state index contributed by atoms with van der Waals surface area (Å²) in [5.74, 6) is 0.796. The molecule has 3 rings (SSSR count). The third-order valence-electron chi connectivity index (χ3n) is 5.61. The fraction of sp³-hybridized carbons (Fsp3) is 0.737. The predicted molar refractivity (Wildman–Crippen MR) is 106 cm³/mol. The average Bonchev–Trinajstić information content (AvgIpc) is 2.87. The van der Waals surface area contributed by atoms with Gasteiger partial charge in [-0.1, -0.05) is 0 Å². The van der Waals surface area contributed by atoms with Crippen molar-refractivity contribution in [3.63, 3.8) is 0 Å². The number of amides is 1. The second-order valence-electron chi connectivity index (χ2n) is 8.87. The number of ether oxygens (including phenoxy) is 2. The number of alkyl carbamates (subject to hydrolysis) is 1. The Morgan fingerprint density at radius 1 is 1.39 bits per heavy atom. The normalized spacial score (nSPS) is 24.4. The highest BCUT2D eigenvalue weighted by Crippen LogP contribution is 2.42. The van der Waals surface area contributed by atoms with E-state index in [2.05, 4.69) is 15.2 Å². The molecule has 156 valence electrons. The quantitative estimate of drug-likeness (QED) is 0.778. The summed E-state index contributed by atoms with van der Waals surface area (Å²) in [6.07, 6.45) is 1.11. The number of piperidine rings is 1. The lowest BCUT2D eigenvalue weighted by Crippen LogP contribution is -2.55. The Morgan fingerprint density at radius 2 is 2.04 bits per heavy atom. The highest BCUT2D eigenvalue weighted by Gasteiger charge is 2.50. The number of nitrogens with one attached hydrogen (secondary N) is 1. The molecule has 2 fully saturated rings. The van der Waals surface area contributed by atoms with Crippen LogP contribution in [0, 0.1) is 5.41 Å². The number of carbonyl (C=O) groups is 1. The highest BCUT2D eigenvalue weighted by atomic mass is 16.6. The van der Waals surface area contributed by atoms with Gasteiger partial charge in [0, 0.05) is 31.6 Å². The largest absolute Gasteiger partial charge is 0.444 e. The maximum absolute atomic E-state index is 12.3. The predicted octanol–water partition coefficient (Wildman–Crippen LogP) is 1.26. The van der Waals surface area contributed by atoms with Crippen molar-refractivity contribution < 1.29 is 14.3 Å². The number of nitrogen functional groups attached to an aromatic ring is 1. The van der Waals surface area contributed by atoms with Crippen molar-refractivity contribution in [2.75, 3.05) is 30.3 Å². The molecule has 1 aromatic rings. The summed E-state index contributed by atoms with van der Waals surface area (Å²) >= 11 is 0. The molecule has 0 unspecified atom stereocenters. The fourth-order valence-electron chi connectivity index (χ4n) is 4.12. The van der Waals surface area contributed by atoms with Gasteiger partial charge in [-0.3, -0.25) is 9.36 Å². The van der Waals surface area contributed by atoms with Crippen molar-refractivity contribution in [3.05, 3.63) is 16.4 Å². The Hall–Kier alpha value is -2.29. The van der Waals surface area contributed by atoms with Crippen LogP contribution in [0.5, 0.6) is 0 Å². The van der Waals surface area contributed by atoms with Crippen molar-refractivity contribution in [1.29, 1.82) is 0 Å². The number of nitrogens with zero attached hydrogens (tertiary/aromatic N) is 3. The molecule has 0 aliphatic carbocycles. The first-order chi connectivity index (χ1) is 13.0. The average molecular weight is 393 g/mol. The molecule has 0 bridgehead atoms. The molecule has 2 aliphatic rings. The van der Waals surface area contributed by atoms with E-state index in [1.54, 1.807) is 7.05 Å². The van der Waals surface area contributed by atoms with E-state index in [4.69, 9.17) is 15.2 Å². The molecule has 1 spiro atoms. The lowest BCUT2D eigenvalue weighted by molar-refractivity contribution is 0.0434. The van der Waals surface area contributed by atoms with E-state index in [0.29, 0.717) is 25.6 Å². The molecule has 9 heteroatoms. The van der Waals surface area contributed by atoms with Crippen LogP contribution < -0.4 is 21.5 Å². The summed E-state index contributed by atoms with van der Waals surface area (Å²) in [5, 5.41) is 3.03. The molecule has 0 aromatic carbocycles. The van der Waals surface area contributed by atoms with E-state index in [1.807, 2.05) is 27.7 Å². The summed E-state index contributed by atoms with van der Waals surface area (Å²) in [7, 11) is 1.70. The van der Waals surface area contributed by atoms with Gasteiger partial charge in [-0.15, -0.1) is 0 Å². The molecule has 2 aliphatic heterocycles. The van der Waals surface area contributed by atoms with E-state index in [0.717, 1.165) is 12.8 Å². The number of rotatable bonds is 2. The van der Waals surface area contributed by atoms with Gasteiger partial charge in [-0.2, -0.15) is 4.98 Å². The van der Waals surface area contributed by atoms with Gasteiger partial charge >= 0.3 is 6.09 Å². The molecule has 1 amide bonds. The van der Waals surface area contributed by atoms with Crippen molar-refractivity contribution >= 4 is 17.9 Å². The Labute approximate surface area is 165 Å². The van der Waals surface area contributed by atoms with Gasteiger partial charge in [-0.05, 0) is 40.5 Å². The van der Waals surface area contributed by atoms with Crippen molar-refractivity contribution in [2.45, 2.75) is 58.3 Å². The topological polar surface area (TPSA) is 112 Å². The van der Waals surface area contributed by atoms with Gasteiger partial charge < -0.3 is 25.4 Å². The first-order valence-corrected chi connectivity index (χ1v) is 9.70. The number of nitrogens with two attached hydrogens (primary N) is 1. The van der Waals surface area contributed by atoms with E-state index >= 15 is 0 Å². The minimum Gasteiger partial charge on any atom is -0.444 e. The van der Waals surface area contributed by atoms with Crippen LogP contribution in [0.1, 0.15) is 40.5 Å². The molecule has 2 saturated heterocycles. The molecule has 3 N–H and O–H groups in total. The maximum atomic E-state index is 12.3. The Morgan fingerprint density at radius 3 is 2.64 bits per heavy atom. The second-order valence-corrected chi connectivity index (χ2v) is 8.87. The first-order valence-electron chi connectivity index (χ1n) is 9.70. The number of anilines is 2. The standard InChI is InChI=1S/C19H31N5O4/c1-12-15(22-17(26)28-18(2,3)4)19(11-27-12)6-8-24(9-7-19)16-21-13(20)10-14(25)23(16)5/h10,12,15H,6-9,11,20H2,1-5H3,(H,22,26)/t12-,15+/m0/s1. The van der Waals surface area contributed by atoms with Crippen LogP contribution in [0.15, 0.2) is 10.9 Å². The van der Waals surface area contributed by atoms with Crippen LogP contribution in [0.25, 0.3) is 0 Å². The third-order valence-corrected chi connectivity index (χ3v) is 5.61. The zero-order chi connectivity index (χ0) is 20.7. The molecule has 0 saturated carbocycles. The Kier molecular flexibility index (Phi) is 5.31. The van der Waals surface area contributed by atoms with Crippen molar-refractivity contribution in [3.8, 4) is 0 Å². The van der Waals surface area contributed by atoms with Gasteiger partial charge in [0.25, 0.3) is 5.56 Å². The SMILES string of the molecule is C[C@@H]1OCC2(CCN(c3nc(N)cc(=O)n3C)CC2)[C@@H]1NC(=O)OC(C)(C)C. The molecule has 28 heavy (non-hydrogen) atoms. The molecule has 0 radical (unpaired) electrons. The molecule has 1 aromatic heterocycles. The van der Waals surface area contributed by atoms with Gasteiger partial charge in [0.05, 0.1) is 18.8 Å². The molecular weight excluding hydrogens is 362 g/mol. The molecular formula is C19H31N5O4.